The van der Waals surface area contributed by atoms with E-state index < -0.39 is 0 Å². The third-order valence-corrected chi connectivity index (χ3v) is 5.16. The summed E-state index contributed by atoms with van der Waals surface area (Å²) in [6, 6.07) is 0. The van der Waals surface area contributed by atoms with Crippen LogP contribution in [-0.2, 0) is 18.3 Å². The van der Waals surface area contributed by atoms with Crippen molar-refractivity contribution in [2.24, 2.45) is 7.05 Å². The third kappa shape index (κ3) is 3.57. The van der Waals surface area contributed by atoms with E-state index in [2.05, 4.69) is 14.6 Å². The van der Waals surface area contributed by atoms with E-state index in [0.717, 1.165) is 31.8 Å². The first-order chi connectivity index (χ1) is 12.0. The van der Waals surface area contributed by atoms with E-state index in [1.807, 2.05) is 24.2 Å². The zero-order valence-electron chi connectivity index (χ0n) is 14.9. The smallest absolute Gasteiger partial charge is 0.273 e. The number of piperidine rings is 1. The van der Waals surface area contributed by atoms with E-state index in [4.69, 9.17) is 16.3 Å². The van der Waals surface area contributed by atoms with Gasteiger partial charge in [-0.3, -0.25) is 9.48 Å². The van der Waals surface area contributed by atoms with Gasteiger partial charge in [-0.15, -0.1) is 0 Å². The predicted molar refractivity (Wildman–Crippen MR) is 94.9 cm³/mol. The summed E-state index contributed by atoms with van der Waals surface area (Å²) in [5.74, 6) is 1.17. The topological polar surface area (TPSA) is 65.2 Å². The Morgan fingerprint density at radius 3 is 2.96 bits per heavy atom. The Kier molecular flexibility index (Phi) is 5.44. The quantitative estimate of drug-likeness (QED) is 0.815. The predicted octanol–water partition coefficient (Wildman–Crippen LogP) is 2.24. The number of carbonyl (C=O) groups is 1. The Hall–Kier alpha value is -1.86. The Bertz CT molecular complexity index is 754. The van der Waals surface area contributed by atoms with Gasteiger partial charge in [0.15, 0.2) is 0 Å². The molecule has 3 heterocycles. The van der Waals surface area contributed by atoms with E-state index in [-0.39, 0.29) is 11.8 Å². The summed E-state index contributed by atoms with van der Waals surface area (Å²) in [4.78, 5) is 19.4. The molecule has 0 N–H and O–H groups in total. The molecule has 0 bridgehead atoms. The van der Waals surface area contributed by atoms with Crippen molar-refractivity contribution in [3.8, 4) is 0 Å². The molecule has 1 aliphatic heterocycles. The van der Waals surface area contributed by atoms with Gasteiger partial charge in [0.1, 0.15) is 11.5 Å². The molecule has 1 atom stereocenters. The summed E-state index contributed by atoms with van der Waals surface area (Å²) in [6.07, 6.45) is 5.75. The van der Waals surface area contributed by atoms with Crippen LogP contribution in [0.5, 0.6) is 0 Å². The highest BCUT2D eigenvalue weighted by Gasteiger charge is 2.30. The van der Waals surface area contributed by atoms with E-state index in [0.29, 0.717) is 29.6 Å². The number of aromatic nitrogens is 4. The maximum absolute atomic E-state index is 13.0. The molecule has 0 saturated carbocycles. The average molecular weight is 366 g/mol. The highest BCUT2D eigenvalue weighted by molar-refractivity contribution is 6.34. The molecule has 0 aliphatic carbocycles. The molecule has 0 aromatic carbocycles. The molecule has 1 fully saturated rings. The van der Waals surface area contributed by atoms with Crippen molar-refractivity contribution < 1.29 is 9.53 Å². The lowest BCUT2D eigenvalue weighted by atomic mass is 9.96. The Morgan fingerprint density at radius 2 is 2.28 bits per heavy atom. The minimum atomic E-state index is -0.0622. The average Bonchev–Trinajstić information content (AvgIpc) is 3.17. The molecular weight excluding hydrogens is 342 g/mol. The van der Waals surface area contributed by atoms with Crippen LogP contribution in [0, 0.1) is 6.92 Å². The number of hydrogen-bond donors (Lipinski definition) is 0. The van der Waals surface area contributed by atoms with Crippen molar-refractivity contribution in [2.45, 2.75) is 32.2 Å². The van der Waals surface area contributed by atoms with Gasteiger partial charge in [0.2, 0.25) is 0 Å². The van der Waals surface area contributed by atoms with Crippen LogP contribution < -0.4 is 0 Å². The van der Waals surface area contributed by atoms with Crippen molar-refractivity contribution in [1.82, 2.24) is 24.2 Å². The minimum absolute atomic E-state index is 0.0622. The largest absolute Gasteiger partial charge is 0.383 e. The van der Waals surface area contributed by atoms with Gasteiger partial charge in [-0.1, -0.05) is 11.6 Å². The molecule has 1 aliphatic rings. The van der Waals surface area contributed by atoms with E-state index >= 15 is 0 Å². The number of nitrogens with zero attached hydrogens (tertiary/aromatic N) is 5. The second-order valence-corrected chi connectivity index (χ2v) is 6.81. The summed E-state index contributed by atoms with van der Waals surface area (Å²) in [6.45, 7) is 4.59. The lowest BCUT2D eigenvalue weighted by Gasteiger charge is -2.32. The standard InChI is InChI=1S/C17H24ClN5O2/c1-12-14(18)15(21(2)20-12)17(24)23-7-4-5-13(11-23)16-19-6-8-22(16)9-10-25-3/h6,8,13H,4-5,7,9-11H2,1-3H3/t13-/m0/s1. The fourth-order valence-electron chi connectivity index (χ4n) is 3.45. The normalized spacial score (nSPS) is 17.9. The maximum Gasteiger partial charge on any atom is 0.273 e. The van der Waals surface area contributed by atoms with Gasteiger partial charge in [0, 0.05) is 52.1 Å². The van der Waals surface area contributed by atoms with Crippen LogP contribution in [0.15, 0.2) is 12.4 Å². The molecule has 0 unspecified atom stereocenters. The number of aryl methyl sites for hydroxylation is 2. The van der Waals surface area contributed by atoms with Crippen molar-refractivity contribution >= 4 is 17.5 Å². The number of carbonyl (C=O) groups excluding carboxylic acids is 1. The van der Waals surface area contributed by atoms with Gasteiger partial charge in [-0.05, 0) is 19.8 Å². The third-order valence-electron chi connectivity index (χ3n) is 4.71. The summed E-state index contributed by atoms with van der Waals surface area (Å²) < 4.78 is 8.85. The first-order valence-electron chi connectivity index (χ1n) is 8.51. The van der Waals surface area contributed by atoms with Gasteiger partial charge in [-0.25, -0.2) is 4.98 Å². The van der Waals surface area contributed by atoms with E-state index in [1.54, 1.807) is 18.8 Å². The SMILES string of the molecule is COCCn1ccnc1[C@H]1CCCN(C(=O)c2c(Cl)c(C)nn2C)C1. The fourth-order valence-corrected chi connectivity index (χ4v) is 3.69. The second-order valence-electron chi connectivity index (χ2n) is 6.43. The van der Waals surface area contributed by atoms with Gasteiger partial charge in [-0.2, -0.15) is 5.10 Å². The first kappa shape index (κ1) is 17.9. The van der Waals surface area contributed by atoms with Crippen LogP contribution in [-0.4, -0.2) is 56.9 Å². The van der Waals surface area contributed by atoms with Crippen molar-refractivity contribution in [3.05, 3.63) is 34.6 Å². The summed E-state index contributed by atoms with van der Waals surface area (Å²) >= 11 is 6.29. The molecular formula is C17H24ClN5O2. The summed E-state index contributed by atoms with van der Waals surface area (Å²) in [7, 11) is 3.45. The molecule has 0 spiro atoms. The van der Waals surface area contributed by atoms with Gasteiger partial charge < -0.3 is 14.2 Å². The second kappa shape index (κ2) is 7.58. The van der Waals surface area contributed by atoms with Crippen molar-refractivity contribution in [3.63, 3.8) is 0 Å². The molecule has 1 amide bonds. The Labute approximate surface area is 152 Å². The monoisotopic (exact) mass is 365 g/mol. The number of rotatable bonds is 5. The molecule has 25 heavy (non-hydrogen) atoms. The molecule has 1 saturated heterocycles. The zero-order chi connectivity index (χ0) is 18.0. The van der Waals surface area contributed by atoms with Gasteiger partial charge in [0.25, 0.3) is 5.91 Å². The lowest BCUT2D eigenvalue weighted by Crippen LogP contribution is -2.40. The number of methoxy groups -OCH3 is 1. The number of imidazole rings is 1. The molecule has 8 heteroatoms. The molecule has 2 aromatic rings. The van der Waals surface area contributed by atoms with E-state index in [9.17, 15) is 4.79 Å². The lowest BCUT2D eigenvalue weighted by molar-refractivity contribution is 0.0691. The first-order valence-corrected chi connectivity index (χ1v) is 8.89. The Balaban J connectivity index is 1.77. The van der Waals surface area contributed by atoms with Crippen LogP contribution in [0.2, 0.25) is 5.02 Å². The van der Waals surface area contributed by atoms with E-state index in [1.165, 1.54) is 0 Å². The molecule has 2 aromatic heterocycles. The molecule has 7 nitrogen and oxygen atoms in total. The van der Waals surface area contributed by atoms with Crippen molar-refractivity contribution in [2.75, 3.05) is 26.8 Å². The number of amides is 1. The van der Waals surface area contributed by atoms with Crippen LogP contribution in [0.3, 0.4) is 0 Å². The number of hydrogen-bond acceptors (Lipinski definition) is 4. The highest BCUT2D eigenvalue weighted by atomic mass is 35.5. The molecule has 3 rings (SSSR count). The van der Waals surface area contributed by atoms with Crippen LogP contribution in [0.1, 0.15) is 40.8 Å². The maximum atomic E-state index is 13.0. The van der Waals surface area contributed by atoms with Crippen molar-refractivity contribution in [1.29, 1.82) is 0 Å². The number of ether oxygens (including phenoxy) is 1. The summed E-state index contributed by atoms with van der Waals surface area (Å²) in [5.41, 5.74) is 1.14. The van der Waals surface area contributed by atoms with Gasteiger partial charge >= 0.3 is 0 Å². The summed E-state index contributed by atoms with van der Waals surface area (Å²) in [5, 5.41) is 4.69. The fraction of sp³-hybridized carbons (Fsp3) is 0.588. The van der Waals surface area contributed by atoms with Crippen LogP contribution in [0.25, 0.3) is 0 Å². The Morgan fingerprint density at radius 1 is 1.48 bits per heavy atom. The zero-order valence-corrected chi connectivity index (χ0v) is 15.7. The number of likely N-dealkylation sites (tertiary alicyclic amines) is 1. The van der Waals surface area contributed by atoms with Gasteiger partial charge in [0.05, 0.1) is 17.3 Å². The minimum Gasteiger partial charge on any atom is -0.383 e. The molecule has 136 valence electrons. The van der Waals surface area contributed by atoms with Crippen LogP contribution in [0.4, 0.5) is 0 Å². The highest BCUT2D eigenvalue weighted by Crippen LogP contribution is 2.28. The van der Waals surface area contributed by atoms with Crippen LogP contribution >= 0.6 is 11.6 Å². The number of halogens is 1. The molecule has 0 radical (unpaired) electrons.